The third-order valence-electron chi connectivity index (χ3n) is 3.92. The minimum absolute atomic E-state index is 0.0505. The van der Waals surface area contributed by atoms with Gasteiger partial charge in [-0.15, -0.1) is 11.8 Å². The number of nitrogens with one attached hydrogen (secondary N) is 1. The summed E-state index contributed by atoms with van der Waals surface area (Å²) in [7, 11) is 0. The number of carbonyl (C=O) groups excluding carboxylic acids is 1. The summed E-state index contributed by atoms with van der Waals surface area (Å²) in [6.07, 6.45) is 1.97. The molecule has 0 aliphatic carbocycles. The van der Waals surface area contributed by atoms with Crippen LogP contribution in [-0.2, 0) is 4.79 Å². The van der Waals surface area contributed by atoms with Gasteiger partial charge in [0.1, 0.15) is 5.37 Å². The van der Waals surface area contributed by atoms with Gasteiger partial charge in [0.2, 0.25) is 5.91 Å². The number of fused-ring (bicyclic) bond motifs is 1. The van der Waals surface area contributed by atoms with Crippen molar-refractivity contribution in [1.82, 2.24) is 4.98 Å². The Kier molecular flexibility index (Phi) is 3.76. The molecule has 116 valence electrons. The monoisotopic (exact) mass is 362 g/mol. The van der Waals surface area contributed by atoms with Crippen LogP contribution in [0.15, 0.2) is 48.7 Å². The highest BCUT2D eigenvalue weighted by atomic mass is 35.5. The number of aromatic amines is 1. The number of anilines is 1. The lowest BCUT2D eigenvalue weighted by atomic mass is 10.1. The summed E-state index contributed by atoms with van der Waals surface area (Å²) < 4.78 is 0. The fourth-order valence-corrected chi connectivity index (χ4v) is 4.58. The SMILES string of the molecule is O=C1CSC(c2c[nH]c3ccccc23)N1c1ccc(Cl)cc1Cl. The zero-order valence-corrected chi connectivity index (χ0v) is 14.3. The van der Waals surface area contributed by atoms with Crippen molar-refractivity contribution >= 4 is 57.5 Å². The minimum Gasteiger partial charge on any atom is -0.361 e. The first-order valence-corrected chi connectivity index (χ1v) is 8.90. The number of para-hydroxylation sites is 1. The van der Waals surface area contributed by atoms with E-state index in [1.165, 1.54) is 0 Å². The molecule has 2 aromatic carbocycles. The Morgan fingerprint density at radius 3 is 2.83 bits per heavy atom. The fourth-order valence-electron chi connectivity index (χ4n) is 2.89. The molecule has 1 fully saturated rings. The first-order chi connectivity index (χ1) is 11.1. The van der Waals surface area contributed by atoms with Crippen LogP contribution in [0.1, 0.15) is 10.9 Å². The van der Waals surface area contributed by atoms with E-state index in [9.17, 15) is 4.79 Å². The van der Waals surface area contributed by atoms with Gasteiger partial charge in [0.05, 0.1) is 16.5 Å². The zero-order valence-electron chi connectivity index (χ0n) is 11.9. The van der Waals surface area contributed by atoms with Crippen molar-refractivity contribution in [3.05, 3.63) is 64.3 Å². The number of hydrogen-bond donors (Lipinski definition) is 1. The molecule has 6 heteroatoms. The standard InChI is InChI=1S/C17H12Cl2N2OS/c18-10-5-6-15(13(19)7-10)21-16(22)9-23-17(21)12-8-20-14-4-2-1-3-11(12)14/h1-8,17,20H,9H2. The molecule has 0 radical (unpaired) electrons. The average molecular weight is 363 g/mol. The van der Waals surface area contributed by atoms with Crippen LogP contribution in [0.5, 0.6) is 0 Å². The zero-order chi connectivity index (χ0) is 16.0. The summed E-state index contributed by atoms with van der Waals surface area (Å²) in [5.74, 6) is 0.484. The number of amides is 1. The third kappa shape index (κ3) is 2.51. The van der Waals surface area contributed by atoms with Gasteiger partial charge >= 0.3 is 0 Å². The van der Waals surface area contributed by atoms with Crippen LogP contribution >= 0.6 is 35.0 Å². The quantitative estimate of drug-likeness (QED) is 0.675. The van der Waals surface area contributed by atoms with Gasteiger partial charge in [0, 0.05) is 27.7 Å². The number of thioether (sulfide) groups is 1. The van der Waals surface area contributed by atoms with Crippen molar-refractivity contribution in [3.8, 4) is 0 Å². The lowest BCUT2D eigenvalue weighted by Gasteiger charge is -2.25. The van der Waals surface area contributed by atoms with Crippen LogP contribution < -0.4 is 4.90 Å². The molecule has 1 atom stereocenters. The minimum atomic E-state index is -0.0997. The number of hydrogen-bond acceptors (Lipinski definition) is 2. The first kappa shape index (κ1) is 14.9. The Labute approximate surface area is 147 Å². The van der Waals surface area contributed by atoms with Gasteiger partial charge in [0.15, 0.2) is 0 Å². The lowest BCUT2D eigenvalue weighted by molar-refractivity contribution is -0.115. The molecule has 1 unspecified atom stereocenters. The van der Waals surface area contributed by atoms with E-state index in [0.717, 1.165) is 16.5 Å². The maximum atomic E-state index is 12.5. The molecule has 23 heavy (non-hydrogen) atoms. The fraction of sp³-hybridized carbons (Fsp3) is 0.118. The van der Waals surface area contributed by atoms with E-state index < -0.39 is 0 Å². The number of carbonyl (C=O) groups is 1. The molecular formula is C17H12Cl2N2OS. The Morgan fingerprint density at radius 2 is 2.00 bits per heavy atom. The van der Waals surface area contributed by atoms with E-state index in [1.807, 2.05) is 24.4 Å². The second kappa shape index (κ2) is 5.78. The summed E-state index contributed by atoms with van der Waals surface area (Å²) in [6, 6.07) is 13.3. The van der Waals surface area contributed by atoms with Crippen molar-refractivity contribution < 1.29 is 4.79 Å². The largest absolute Gasteiger partial charge is 0.361 e. The molecule has 1 saturated heterocycles. The molecule has 3 nitrogen and oxygen atoms in total. The van der Waals surface area contributed by atoms with E-state index >= 15 is 0 Å². The predicted molar refractivity (Wildman–Crippen MR) is 97.4 cm³/mol. The van der Waals surface area contributed by atoms with Crippen LogP contribution in [0.4, 0.5) is 5.69 Å². The van der Waals surface area contributed by atoms with Crippen LogP contribution in [0.2, 0.25) is 10.0 Å². The van der Waals surface area contributed by atoms with Gasteiger partial charge in [-0.05, 0) is 24.3 Å². The van der Waals surface area contributed by atoms with E-state index in [2.05, 4.69) is 11.1 Å². The second-order valence-corrected chi connectivity index (χ2v) is 7.22. The van der Waals surface area contributed by atoms with Crippen molar-refractivity contribution in [2.24, 2.45) is 0 Å². The highest BCUT2D eigenvalue weighted by molar-refractivity contribution is 8.00. The van der Waals surface area contributed by atoms with E-state index in [4.69, 9.17) is 23.2 Å². The van der Waals surface area contributed by atoms with Gasteiger partial charge in [-0.2, -0.15) is 0 Å². The number of halogens is 2. The van der Waals surface area contributed by atoms with Crippen molar-refractivity contribution in [2.75, 3.05) is 10.7 Å². The molecule has 1 amide bonds. The molecule has 1 aliphatic heterocycles. The molecule has 0 spiro atoms. The molecule has 1 aromatic heterocycles. The summed E-state index contributed by atoms with van der Waals surface area (Å²) in [6.45, 7) is 0. The number of H-pyrrole nitrogens is 1. The Bertz CT molecular complexity index is 908. The van der Waals surface area contributed by atoms with Gasteiger partial charge in [0.25, 0.3) is 0 Å². The summed E-state index contributed by atoms with van der Waals surface area (Å²) in [5, 5.41) is 2.06. The third-order valence-corrected chi connectivity index (χ3v) is 5.66. The molecule has 2 heterocycles. The van der Waals surface area contributed by atoms with E-state index in [1.54, 1.807) is 34.9 Å². The molecule has 0 saturated carbocycles. The van der Waals surface area contributed by atoms with Crippen molar-refractivity contribution in [1.29, 1.82) is 0 Å². The summed E-state index contributed by atoms with van der Waals surface area (Å²) in [5.41, 5.74) is 2.84. The smallest absolute Gasteiger partial charge is 0.238 e. The summed E-state index contributed by atoms with van der Waals surface area (Å²) >= 11 is 13.9. The predicted octanol–water partition coefficient (Wildman–Crippen LogP) is 5.25. The number of rotatable bonds is 2. The first-order valence-electron chi connectivity index (χ1n) is 7.10. The van der Waals surface area contributed by atoms with Gasteiger partial charge in [-0.1, -0.05) is 41.4 Å². The maximum absolute atomic E-state index is 12.5. The van der Waals surface area contributed by atoms with E-state index in [-0.39, 0.29) is 11.3 Å². The normalized spacial score (nSPS) is 18.1. The van der Waals surface area contributed by atoms with Gasteiger partial charge in [-0.25, -0.2) is 0 Å². The number of nitrogens with zero attached hydrogens (tertiary/aromatic N) is 1. The van der Waals surface area contributed by atoms with E-state index in [0.29, 0.717) is 21.5 Å². The maximum Gasteiger partial charge on any atom is 0.238 e. The molecular weight excluding hydrogens is 351 g/mol. The van der Waals surface area contributed by atoms with Crippen LogP contribution in [0.25, 0.3) is 10.9 Å². The Morgan fingerprint density at radius 1 is 1.17 bits per heavy atom. The lowest BCUT2D eigenvalue weighted by Crippen LogP contribution is -2.28. The molecule has 1 aliphatic rings. The van der Waals surface area contributed by atoms with Crippen molar-refractivity contribution in [3.63, 3.8) is 0 Å². The molecule has 4 rings (SSSR count). The molecule has 1 N–H and O–H groups in total. The summed E-state index contributed by atoms with van der Waals surface area (Å²) in [4.78, 5) is 17.5. The topological polar surface area (TPSA) is 36.1 Å². The Hall–Kier alpha value is -1.62. The molecule has 3 aromatic rings. The van der Waals surface area contributed by atoms with Crippen LogP contribution in [0.3, 0.4) is 0 Å². The van der Waals surface area contributed by atoms with Crippen LogP contribution in [0, 0.1) is 0 Å². The highest BCUT2D eigenvalue weighted by Gasteiger charge is 2.36. The van der Waals surface area contributed by atoms with Gasteiger partial charge < -0.3 is 4.98 Å². The van der Waals surface area contributed by atoms with Crippen LogP contribution in [-0.4, -0.2) is 16.6 Å². The second-order valence-electron chi connectivity index (χ2n) is 5.31. The number of aromatic nitrogens is 1. The van der Waals surface area contributed by atoms with Gasteiger partial charge in [-0.3, -0.25) is 9.69 Å². The molecule has 0 bridgehead atoms. The highest BCUT2D eigenvalue weighted by Crippen LogP contribution is 2.46. The Balaban J connectivity index is 1.83. The van der Waals surface area contributed by atoms with Crippen molar-refractivity contribution in [2.45, 2.75) is 5.37 Å². The number of benzene rings is 2. The average Bonchev–Trinajstić information content (AvgIpc) is 3.11.